The smallest absolute Gasteiger partial charge is 0.214 e. The number of unbranched alkanes of at least 4 members (excludes halogenated alkanes) is 1. The predicted octanol–water partition coefficient (Wildman–Crippen LogP) is 3.22. The van der Waals surface area contributed by atoms with E-state index in [0.717, 1.165) is 37.0 Å². The van der Waals surface area contributed by atoms with Crippen LogP contribution >= 0.6 is 0 Å². The zero-order valence-corrected chi connectivity index (χ0v) is 14.4. The molecule has 1 aliphatic rings. The van der Waals surface area contributed by atoms with Gasteiger partial charge in [-0.2, -0.15) is 0 Å². The van der Waals surface area contributed by atoms with Gasteiger partial charge in [-0.15, -0.1) is 0 Å². The monoisotopic (exact) mass is 325 g/mol. The largest absolute Gasteiger partial charge is 0.493 e. The van der Waals surface area contributed by atoms with Crippen molar-refractivity contribution in [1.82, 2.24) is 4.31 Å². The third-order valence-electron chi connectivity index (χ3n) is 4.20. The second-order valence-electron chi connectivity index (χ2n) is 6.11. The average Bonchev–Trinajstić information content (AvgIpc) is 2.52. The van der Waals surface area contributed by atoms with Gasteiger partial charge in [0, 0.05) is 19.0 Å². The fourth-order valence-corrected chi connectivity index (χ4v) is 4.55. The van der Waals surface area contributed by atoms with Gasteiger partial charge in [0.15, 0.2) is 0 Å². The van der Waals surface area contributed by atoms with Crippen molar-refractivity contribution in [2.45, 2.75) is 39.5 Å². The van der Waals surface area contributed by atoms with Crippen LogP contribution in [-0.2, 0) is 10.0 Å². The van der Waals surface area contributed by atoms with Crippen LogP contribution in [0.5, 0.6) is 5.75 Å². The van der Waals surface area contributed by atoms with E-state index in [1.54, 1.807) is 4.31 Å². The van der Waals surface area contributed by atoms with E-state index in [0.29, 0.717) is 19.7 Å². The predicted molar refractivity (Wildman–Crippen MR) is 89.7 cm³/mol. The lowest BCUT2D eigenvalue weighted by Gasteiger charge is -2.32. The minimum absolute atomic E-state index is 0.273. The van der Waals surface area contributed by atoms with Crippen molar-refractivity contribution in [3.05, 3.63) is 29.8 Å². The van der Waals surface area contributed by atoms with Gasteiger partial charge in [-0.05, 0) is 37.8 Å². The molecule has 2 rings (SSSR count). The highest BCUT2D eigenvalue weighted by molar-refractivity contribution is 7.89. The molecule has 1 aromatic carbocycles. The molecule has 0 N–H and O–H groups in total. The molecule has 5 heteroatoms. The first kappa shape index (κ1) is 17.3. The zero-order valence-electron chi connectivity index (χ0n) is 13.6. The number of aryl methyl sites for hydroxylation is 1. The summed E-state index contributed by atoms with van der Waals surface area (Å²) in [6, 6.07) is 7.95. The SMILES string of the molecule is CCCCS(=O)(=O)N1CCCC(COc2ccccc2C)C1. The van der Waals surface area contributed by atoms with Gasteiger partial charge in [-0.25, -0.2) is 12.7 Å². The van der Waals surface area contributed by atoms with Gasteiger partial charge in [0.2, 0.25) is 10.0 Å². The molecule has 1 saturated heterocycles. The van der Waals surface area contributed by atoms with Gasteiger partial charge in [0.25, 0.3) is 0 Å². The van der Waals surface area contributed by atoms with E-state index in [9.17, 15) is 8.42 Å². The number of rotatable bonds is 7. The van der Waals surface area contributed by atoms with Crippen molar-refractivity contribution in [2.75, 3.05) is 25.4 Å². The Morgan fingerprint density at radius 2 is 2.09 bits per heavy atom. The maximum absolute atomic E-state index is 12.3. The zero-order chi connectivity index (χ0) is 16.0. The van der Waals surface area contributed by atoms with Crippen molar-refractivity contribution in [1.29, 1.82) is 0 Å². The molecule has 4 nitrogen and oxygen atoms in total. The maximum atomic E-state index is 12.3. The summed E-state index contributed by atoms with van der Waals surface area (Å²) < 4.78 is 32.2. The summed E-state index contributed by atoms with van der Waals surface area (Å²) in [5.74, 6) is 1.45. The van der Waals surface area contributed by atoms with Gasteiger partial charge in [0.1, 0.15) is 5.75 Å². The maximum Gasteiger partial charge on any atom is 0.214 e. The molecule has 1 aromatic rings. The Morgan fingerprint density at radius 1 is 1.32 bits per heavy atom. The van der Waals surface area contributed by atoms with Gasteiger partial charge in [-0.3, -0.25) is 0 Å². The Balaban J connectivity index is 1.89. The van der Waals surface area contributed by atoms with Crippen LogP contribution in [0.3, 0.4) is 0 Å². The summed E-state index contributed by atoms with van der Waals surface area (Å²) in [5, 5.41) is 0. The normalized spacial score (nSPS) is 20.0. The number of hydrogen-bond donors (Lipinski definition) is 0. The lowest BCUT2D eigenvalue weighted by atomic mass is 10.0. The van der Waals surface area contributed by atoms with Crippen molar-refractivity contribution >= 4 is 10.0 Å². The van der Waals surface area contributed by atoms with E-state index in [4.69, 9.17) is 4.74 Å². The first-order chi connectivity index (χ1) is 10.5. The summed E-state index contributed by atoms with van der Waals surface area (Å²) in [6.45, 7) is 5.89. The van der Waals surface area contributed by atoms with E-state index in [2.05, 4.69) is 0 Å². The van der Waals surface area contributed by atoms with Gasteiger partial charge in [0.05, 0.1) is 12.4 Å². The quantitative estimate of drug-likeness (QED) is 0.773. The van der Waals surface area contributed by atoms with Crippen LogP contribution < -0.4 is 4.74 Å². The Kier molecular flexibility index (Phi) is 6.26. The Bertz CT molecular complexity index is 571. The fourth-order valence-electron chi connectivity index (χ4n) is 2.80. The second-order valence-corrected chi connectivity index (χ2v) is 8.20. The minimum atomic E-state index is -3.09. The topological polar surface area (TPSA) is 46.6 Å². The Labute approximate surface area is 134 Å². The molecule has 1 unspecified atom stereocenters. The van der Waals surface area contributed by atoms with E-state index < -0.39 is 10.0 Å². The van der Waals surface area contributed by atoms with Crippen LogP contribution in [-0.4, -0.2) is 38.2 Å². The Hall–Kier alpha value is -1.07. The van der Waals surface area contributed by atoms with Gasteiger partial charge in [-0.1, -0.05) is 31.5 Å². The van der Waals surface area contributed by atoms with Gasteiger partial charge < -0.3 is 4.74 Å². The number of ether oxygens (including phenoxy) is 1. The van der Waals surface area contributed by atoms with Crippen LogP contribution in [0.2, 0.25) is 0 Å². The molecule has 1 heterocycles. The lowest BCUT2D eigenvalue weighted by molar-refractivity contribution is 0.179. The fraction of sp³-hybridized carbons (Fsp3) is 0.647. The van der Waals surface area contributed by atoms with Crippen LogP contribution in [0.1, 0.15) is 38.2 Å². The molecule has 1 fully saturated rings. The first-order valence-corrected chi connectivity index (χ1v) is 9.80. The molecule has 0 aliphatic carbocycles. The highest BCUT2D eigenvalue weighted by Crippen LogP contribution is 2.23. The van der Waals surface area contributed by atoms with Crippen LogP contribution in [0.25, 0.3) is 0 Å². The molecule has 22 heavy (non-hydrogen) atoms. The van der Waals surface area contributed by atoms with Crippen molar-refractivity contribution < 1.29 is 13.2 Å². The lowest BCUT2D eigenvalue weighted by Crippen LogP contribution is -2.42. The van der Waals surface area contributed by atoms with Crippen LogP contribution in [0.15, 0.2) is 24.3 Å². The summed E-state index contributed by atoms with van der Waals surface area (Å²) in [5.41, 5.74) is 1.12. The highest BCUT2D eigenvalue weighted by atomic mass is 32.2. The molecule has 0 bridgehead atoms. The van der Waals surface area contributed by atoms with E-state index in [1.807, 2.05) is 38.1 Å². The molecule has 0 saturated carbocycles. The molecule has 1 atom stereocenters. The summed E-state index contributed by atoms with van der Waals surface area (Å²) in [4.78, 5) is 0. The first-order valence-electron chi connectivity index (χ1n) is 8.19. The minimum Gasteiger partial charge on any atom is -0.493 e. The van der Waals surface area contributed by atoms with Crippen molar-refractivity contribution in [2.24, 2.45) is 5.92 Å². The third-order valence-corrected chi connectivity index (χ3v) is 6.12. The number of hydrogen-bond acceptors (Lipinski definition) is 3. The molecular formula is C17H27NO3S. The van der Waals surface area contributed by atoms with Crippen LogP contribution in [0, 0.1) is 12.8 Å². The second kappa shape index (κ2) is 7.97. The van der Waals surface area contributed by atoms with Crippen molar-refractivity contribution in [3.63, 3.8) is 0 Å². The molecule has 0 aromatic heterocycles. The number of benzene rings is 1. The Morgan fingerprint density at radius 3 is 2.82 bits per heavy atom. The molecule has 0 amide bonds. The number of para-hydroxylation sites is 1. The van der Waals surface area contributed by atoms with Gasteiger partial charge >= 0.3 is 0 Å². The van der Waals surface area contributed by atoms with E-state index >= 15 is 0 Å². The summed E-state index contributed by atoms with van der Waals surface area (Å²) in [7, 11) is -3.09. The molecule has 1 aliphatic heterocycles. The summed E-state index contributed by atoms with van der Waals surface area (Å²) in [6.07, 6.45) is 3.61. The van der Waals surface area contributed by atoms with Crippen LogP contribution in [0.4, 0.5) is 0 Å². The van der Waals surface area contributed by atoms with Crippen molar-refractivity contribution in [3.8, 4) is 5.75 Å². The number of piperidine rings is 1. The molecule has 124 valence electrons. The third kappa shape index (κ3) is 4.71. The number of nitrogens with zero attached hydrogens (tertiary/aromatic N) is 1. The highest BCUT2D eigenvalue weighted by Gasteiger charge is 2.28. The molecular weight excluding hydrogens is 298 g/mol. The van der Waals surface area contributed by atoms with E-state index in [-0.39, 0.29) is 11.7 Å². The average molecular weight is 325 g/mol. The number of sulfonamides is 1. The summed E-state index contributed by atoms with van der Waals surface area (Å²) >= 11 is 0. The van der Waals surface area contributed by atoms with E-state index in [1.165, 1.54) is 0 Å². The molecule has 0 spiro atoms. The standard InChI is InChI=1S/C17H27NO3S/c1-3-4-12-22(19,20)18-11-7-9-16(13-18)14-21-17-10-6-5-8-15(17)2/h5-6,8,10,16H,3-4,7,9,11-14H2,1-2H3. The molecule has 0 radical (unpaired) electrons.